The Morgan fingerprint density at radius 2 is 2.00 bits per heavy atom. The number of hydrogen-bond acceptors (Lipinski definition) is 7. The van der Waals surface area contributed by atoms with Gasteiger partial charge in [0.1, 0.15) is 18.3 Å². The molecule has 0 radical (unpaired) electrons. The molecule has 0 saturated carbocycles. The quantitative estimate of drug-likeness (QED) is 0.493. The average molecular weight is 412 g/mol. The summed E-state index contributed by atoms with van der Waals surface area (Å²) in [5, 5.41) is 33.0. The number of nitrogens with two attached hydrogens (primary N) is 1. The number of carbonyl (C=O) groups is 1. The minimum atomic E-state index is -4.55. The zero-order chi connectivity index (χ0) is 21.3. The molecule has 12 heteroatoms. The summed E-state index contributed by atoms with van der Waals surface area (Å²) >= 11 is 0. The maximum Gasteiger partial charge on any atom is 0.416 e. The molecular weight excluding hydrogens is 397 g/mol. The van der Waals surface area contributed by atoms with Crippen LogP contribution in [-0.2, 0) is 10.9 Å². The van der Waals surface area contributed by atoms with Crippen LogP contribution in [0, 0.1) is 11.8 Å². The molecule has 9 nitrogen and oxygen atoms in total. The number of amides is 1. The summed E-state index contributed by atoms with van der Waals surface area (Å²) in [6, 6.07) is 4.23. The van der Waals surface area contributed by atoms with E-state index in [0.29, 0.717) is 0 Å². The lowest BCUT2D eigenvalue weighted by Crippen LogP contribution is -2.33. The molecule has 2 unspecified atom stereocenters. The van der Waals surface area contributed by atoms with Gasteiger partial charge in [-0.3, -0.25) is 4.79 Å². The first-order valence-electron chi connectivity index (χ1n) is 8.20. The fourth-order valence-electron chi connectivity index (χ4n) is 2.67. The van der Waals surface area contributed by atoms with Gasteiger partial charge in [0.05, 0.1) is 12.2 Å². The Kier molecular flexibility index (Phi) is 5.58. The fourth-order valence-corrected chi connectivity index (χ4v) is 2.67. The minimum absolute atomic E-state index is 0.0103. The molecule has 2 aromatic rings. The molecule has 2 heterocycles. The molecule has 1 aromatic heterocycles. The second-order valence-corrected chi connectivity index (χ2v) is 6.13. The molecule has 3 rings (SSSR count). The number of aromatic nitrogens is 3. The third kappa shape index (κ3) is 4.22. The summed E-state index contributed by atoms with van der Waals surface area (Å²) in [4.78, 5) is 15.2. The Morgan fingerprint density at radius 1 is 1.28 bits per heavy atom. The Bertz CT molecular complexity index is 981. The van der Waals surface area contributed by atoms with Crippen molar-refractivity contribution >= 4 is 5.91 Å². The molecule has 4 atom stereocenters. The van der Waals surface area contributed by atoms with Crippen LogP contribution in [0.4, 0.5) is 13.2 Å². The number of carbonyl (C=O) groups excluding carboxylic acids is 1. The molecule has 5 N–H and O–H groups in total. The Labute approximate surface area is 161 Å². The molecule has 29 heavy (non-hydrogen) atoms. The summed E-state index contributed by atoms with van der Waals surface area (Å²) in [7, 11) is 0. The van der Waals surface area contributed by atoms with Crippen LogP contribution in [0.25, 0.3) is 0 Å². The first-order valence-corrected chi connectivity index (χ1v) is 8.20. The van der Waals surface area contributed by atoms with Crippen LogP contribution >= 0.6 is 0 Å². The zero-order valence-electron chi connectivity index (χ0n) is 14.5. The van der Waals surface area contributed by atoms with E-state index in [-0.39, 0.29) is 11.4 Å². The second-order valence-electron chi connectivity index (χ2n) is 6.13. The average Bonchev–Trinajstić information content (AvgIpc) is 3.21. The van der Waals surface area contributed by atoms with Crippen LogP contribution in [0.1, 0.15) is 33.8 Å². The van der Waals surface area contributed by atoms with Crippen molar-refractivity contribution in [3.8, 4) is 11.8 Å². The summed E-state index contributed by atoms with van der Waals surface area (Å²) in [5.74, 6) is 3.19. The van der Waals surface area contributed by atoms with Crippen LogP contribution < -0.4 is 5.73 Å². The third-order valence-electron chi connectivity index (χ3n) is 4.12. The van der Waals surface area contributed by atoms with E-state index >= 15 is 0 Å². The predicted octanol–water partition coefficient (Wildman–Crippen LogP) is -0.593. The van der Waals surface area contributed by atoms with E-state index in [1.807, 2.05) is 0 Å². The topological polar surface area (TPSA) is 144 Å². The van der Waals surface area contributed by atoms with E-state index in [9.17, 15) is 33.3 Å². The lowest BCUT2D eigenvalue weighted by molar-refractivity contribution is -0.137. The molecule has 0 spiro atoms. The van der Waals surface area contributed by atoms with E-state index < -0.39 is 54.6 Å². The highest BCUT2D eigenvalue weighted by Crippen LogP contribution is 2.30. The van der Waals surface area contributed by atoms with E-state index in [4.69, 9.17) is 10.5 Å². The van der Waals surface area contributed by atoms with Crippen molar-refractivity contribution in [2.45, 2.75) is 30.7 Å². The third-order valence-corrected chi connectivity index (χ3v) is 4.12. The summed E-state index contributed by atoms with van der Waals surface area (Å²) in [6.45, 7) is -0.600. The predicted molar refractivity (Wildman–Crippen MR) is 89.0 cm³/mol. The molecule has 1 amide bonds. The smallest absolute Gasteiger partial charge is 0.394 e. The van der Waals surface area contributed by atoms with E-state index in [1.54, 1.807) is 0 Å². The standard InChI is InChI=1S/C17H15F3N4O5/c18-17(19,20)9-3-1-2-8(6-9)4-5-11-22-15(14(21)28)23-24(11)16-13(27)12(26)10(7-25)29-16/h1-3,6,10,12-13,16,25-27H,7H2,(H2,21,28)/t10-,12?,13?,16-/m1/s1. The van der Waals surface area contributed by atoms with Gasteiger partial charge in [-0.25, -0.2) is 4.68 Å². The second kappa shape index (κ2) is 7.80. The maximum absolute atomic E-state index is 12.8. The molecule has 1 aliphatic heterocycles. The minimum Gasteiger partial charge on any atom is -0.394 e. The van der Waals surface area contributed by atoms with Crippen molar-refractivity contribution in [1.82, 2.24) is 14.8 Å². The molecular formula is C17H15F3N4O5. The summed E-state index contributed by atoms with van der Waals surface area (Å²) < 4.78 is 44.7. The number of alkyl halides is 3. The molecule has 1 fully saturated rings. The van der Waals surface area contributed by atoms with Gasteiger partial charge in [-0.2, -0.15) is 18.2 Å². The van der Waals surface area contributed by atoms with Gasteiger partial charge in [-0.05, 0) is 24.1 Å². The van der Waals surface area contributed by atoms with Gasteiger partial charge in [-0.1, -0.05) is 12.0 Å². The largest absolute Gasteiger partial charge is 0.416 e. The van der Waals surface area contributed by atoms with Gasteiger partial charge < -0.3 is 25.8 Å². The van der Waals surface area contributed by atoms with Gasteiger partial charge >= 0.3 is 6.18 Å². The number of hydrogen-bond donors (Lipinski definition) is 4. The van der Waals surface area contributed by atoms with Gasteiger partial charge in [0.15, 0.2) is 6.23 Å². The van der Waals surface area contributed by atoms with Crippen LogP contribution in [0.2, 0.25) is 0 Å². The number of aliphatic hydroxyl groups excluding tert-OH is 3. The van der Waals surface area contributed by atoms with Crippen molar-refractivity contribution in [1.29, 1.82) is 0 Å². The Hall–Kier alpha value is -2.98. The SMILES string of the molecule is NC(=O)c1nc(C#Cc2cccc(C(F)(F)F)c2)n([C@@H]2O[C@H](CO)C(O)C2O)n1. The molecule has 1 aromatic carbocycles. The van der Waals surface area contributed by atoms with E-state index in [1.165, 1.54) is 12.1 Å². The van der Waals surface area contributed by atoms with Gasteiger partial charge in [-0.15, -0.1) is 5.10 Å². The monoisotopic (exact) mass is 412 g/mol. The van der Waals surface area contributed by atoms with Gasteiger partial charge in [0.25, 0.3) is 5.91 Å². The summed E-state index contributed by atoms with van der Waals surface area (Å²) in [5.41, 5.74) is 4.26. The van der Waals surface area contributed by atoms with E-state index in [0.717, 1.165) is 16.8 Å². The fraction of sp³-hybridized carbons (Fsp3) is 0.353. The highest BCUT2D eigenvalue weighted by Gasteiger charge is 2.45. The number of benzene rings is 1. The number of ether oxygens (including phenoxy) is 1. The van der Waals surface area contributed by atoms with Crippen LogP contribution in [0.5, 0.6) is 0 Å². The van der Waals surface area contributed by atoms with E-state index in [2.05, 4.69) is 21.9 Å². The molecule has 1 saturated heterocycles. The molecule has 0 aliphatic carbocycles. The normalized spacial score (nSPS) is 24.2. The van der Waals surface area contributed by atoms with Crippen molar-refractivity contribution < 1.29 is 38.0 Å². The van der Waals surface area contributed by atoms with Crippen LogP contribution in [0.15, 0.2) is 24.3 Å². The lowest BCUT2D eigenvalue weighted by atomic mass is 10.1. The number of primary amides is 1. The molecule has 0 bridgehead atoms. The van der Waals surface area contributed by atoms with Crippen LogP contribution in [-0.4, -0.2) is 60.9 Å². The number of halogens is 3. The van der Waals surface area contributed by atoms with Crippen LogP contribution in [0.3, 0.4) is 0 Å². The van der Waals surface area contributed by atoms with Crippen molar-refractivity contribution in [2.24, 2.45) is 5.73 Å². The van der Waals surface area contributed by atoms with Crippen molar-refractivity contribution in [3.63, 3.8) is 0 Å². The Balaban J connectivity index is 1.99. The lowest BCUT2D eigenvalue weighted by Gasteiger charge is -2.15. The highest BCUT2D eigenvalue weighted by molar-refractivity contribution is 5.88. The number of rotatable bonds is 3. The molecule has 1 aliphatic rings. The number of aliphatic hydroxyl groups is 3. The van der Waals surface area contributed by atoms with Crippen molar-refractivity contribution in [3.05, 3.63) is 47.0 Å². The maximum atomic E-state index is 12.8. The van der Waals surface area contributed by atoms with Gasteiger partial charge in [0.2, 0.25) is 11.6 Å². The zero-order valence-corrected chi connectivity index (χ0v) is 14.5. The van der Waals surface area contributed by atoms with Crippen molar-refractivity contribution in [2.75, 3.05) is 6.61 Å². The first kappa shape index (κ1) is 20.7. The summed E-state index contributed by atoms with van der Waals surface area (Å²) in [6.07, 6.45) is -10.0. The Morgan fingerprint density at radius 3 is 2.59 bits per heavy atom. The highest BCUT2D eigenvalue weighted by atomic mass is 19.4. The number of nitrogens with zero attached hydrogens (tertiary/aromatic N) is 3. The molecule has 154 valence electrons. The van der Waals surface area contributed by atoms with Gasteiger partial charge in [0, 0.05) is 5.56 Å². The first-order chi connectivity index (χ1) is 13.6.